The van der Waals surface area contributed by atoms with Gasteiger partial charge in [0.25, 0.3) is 0 Å². The van der Waals surface area contributed by atoms with Gasteiger partial charge in [0.15, 0.2) is 0 Å². The van der Waals surface area contributed by atoms with E-state index in [2.05, 4.69) is 48.6 Å². The molecule has 0 atom stereocenters. The predicted octanol–water partition coefficient (Wildman–Crippen LogP) is 1.10. The molecule has 0 nitrogen and oxygen atoms in total. The summed E-state index contributed by atoms with van der Waals surface area (Å²) in [7, 11) is 0. The molecule has 0 aliphatic heterocycles. The van der Waals surface area contributed by atoms with E-state index in [9.17, 15) is 0 Å². The van der Waals surface area contributed by atoms with E-state index in [-0.39, 0.29) is 0 Å². The molecule has 9 heavy (non-hydrogen) atoms. The average molecular weight is 178 g/mol. The molecule has 0 N–H and O–H groups in total. The van der Waals surface area contributed by atoms with Crippen LogP contribution in [0.5, 0.6) is 0 Å². The first-order chi connectivity index (χ1) is 4.22. The summed E-state index contributed by atoms with van der Waals surface area (Å²) >= 11 is 2.14. The molecule has 0 unspecified atom stereocenters. The molecule has 1 aromatic rings. The van der Waals surface area contributed by atoms with Crippen molar-refractivity contribution in [1.29, 1.82) is 0 Å². The third-order valence-corrected chi connectivity index (χ3v) is 2.74. The predicted molar refractivity (Wildman–Crippen MR) is 41.3 cm³/mol. The van der Waals surface area contributed by atoms with Crippen molar-refractivity contribution in [2.24, 2.45) is 0 Å². The summed E-state index contributed by atoms with van der Waals surface area (Å²) < 4.78 is 1.38. The van der Waals surface area contributed by atoms with E-state index in [1.165, 1.54) is 15.5 Å². The van der Waals surface area contributed by atoms with Gasteiger partial charge in [-0.2, -0.15) is 0 Å². The van der Waals surface area contributed by atoms with Crippen LogP contribution in [0.4, 0.5) is 0 Å². The Morgan fingerprint density at radius 3 is 2.33 bits per heavy atom. The van der Waals surface area contributed by atoms with Gasteiger partial charge < -0.3 is 0 Å². The molecule has 0 spiro atoms. The van der Waals surface area contributed by atoms with Crippen molar-refractivity contribution in [2.45, 2.75) is 13.8 Å². The zero-order valence-electron chi connectivity index (χ0n) is 5.73. The number of rotatable bonds is 0. The Labute approximate surface area is 64.5 Å². The van der Waals surface area contributed by atoms with Gasteiger partial charge in [-0.25, -0.2) is 0 Å². The molecule has 0 amide bonds. The second-order valence-corrected chi connectivity index (χ2v) is 3.38. The third kappa shape index (κ3) is 1.36. The molecule has 1 heteroatoms. The topological polar surface area (TPSA) is 0 Å². The van der Waals surface area contributed by atoms with Crippen LogP contribution in [0.1, 0.15) is 11.1 Å². The molecule has 0 heterocycles. The second kappa shape index (κ2) is 2.57. The van der Waals surface area contributed by atoms with E-state index in [4.69, 9.17) is 0 Å². The summed E-state index contributed by atoms with van der Waals surface area (Å²) in [6.07, 6.45) is 0. The molecule has 0 fully saturated rings. The normalized spacial score (nSPS) is 9.67. The van der Waals surface area contributed by atoms with Gasteiger partial charge >= 0.3 is 64.1 Å². The maximum atomic E-state index is 2.16. The van der Waals surface area contributed by atoms with Crippen LogP contribution in [-0.2, 0) is 0 Å². The summed E-state index contributed by atoms with van der Waals surface area (Å²) in [4.78, 5) is 0. The van der Waals surface area contributed by atoms with E-state index in [0.717, 1.165) is 0 Å². The summed E-state index contributed by atoms with van der Waals surface area (Å²) in [6.45, 7) is 4.30. The van der Waals surface area contributed by atoms with Crippen molar-refractivity contribution in [3.63, 3.8) is 0 Å². The summed E-state index contributed by atoms with van der Waals surface area (Å²) in [5, 5.41) is 0. The molecule has 1 rings (SSSR count). The summed E-state index contributed by atoms with van der Waals surface area (Å²) in [5.74, 6) is 0. The van der Waals surface area contributed by atoms with Gasteiger partial charge in [-0.1, -0.05) is 0 Å². The van der Waals surface area contributed by atoms with Crippen molar-refractivity contribution in [2.75, 3.05) is 0 Å². The minimum atomic E-state index is 1.38. The quantitative estimate of drug-likeness (QED) is 0.521. The van der Waals surface area contributed by atoms with E-state index < -0.39 is 0 Å². The Hall–Kier alpha value is -0.237. The van der Waals surface area contributed by atoms with Gasteiger partial charge in [0.1, 0.15) is 0 Å². The zero-order chi connectivity index (χ0) is 6.85. The number of hydrogen-bond donors (Lipinski definition) is 0. The van der Waals surface area contributed by atoms with Crippen LogP contribution in [0.25, 0.3) is 0 Å². The molecular weight excluding hydrogens is 169 g/mol. The zero-order valence-corrected chi connectivity index (χ0v) is 7.83. The SMILES string of the molecule is Cc1ccc[c]([Ge])c1C. The summed E-state index contributed by atoms with van der Waals surface area (Å²) in [5.41, 5.74) is 2.80. The second-order valence-electron chi connectivity index (χ2n) is 2.25. The monoisotopic (exact) mass is 179 g/mol. The molecule has 0 aliphatic rings. The van der Waals surface area contributed by atoms with E-state index >= 15 is 0 Å². The van der Waals surface area contributed by atoms with Crippen molar-refractivity contribution >= 4 is 20.9 Å². The molecule has 1 aromatic carbocycles. The van der Waals surface area contributed by atoms with E-state index in [0.29, 0.717) is 0 Å². The Bertz CT molecular complexity index is 196. The summed E-state index contributed by atoms with van der Waals surface area (Å²) in [6, 6.07) is 6.38. The Kier molecular flexibility index (Phi) is 1.96. The fourth-order valence-corrected chi connectivity index (χ4v) is 1.37. The molecule has 3 radical (unpaired) electrons. The van der Waals surface area contributed by atoms with Crippen LogP contribution >= 0.6 is 0 Å². The number of aryl methyl sites for hydroxylation is 1. The van der Waals surface area contributed by atoms with E-state index in [1.807, 2.05) is 0 Å². The van der Waals surface area contributed by atoms with Gasteiger partial charge in [0.05, 0.1) is 0 Å². The van der Waals surface area contributed by atoms with Crippen LogP contribution in [0.3, 0.4) is 0 Å². The maximum absolute atomic E-state index is 2.16. The van der Waals surface area contributed by atoms with Crippen LogP contribution in [-0.4, -0.2) is 16.5 Å². The molecule has 0 bridgehead atoms. The van der Waals surface area contributed by atoms with Crippen LogP contribution in [0.15, 0.2) is 18.2 Å². The van der Waals surface area contributed by atoms with Crippen molar-refractivity contribution < 1.29 is 0 Å². The van der Waals surface area contributed by atoms with E-state index in [1.54, 1.807) is 0 Å². The first kappa shape index (κ1) is 6.88. The molecule has 0 saturated heterocycles. The van der Waals surface area contributed by atoms with Crippen molar-refractivity contribution in [1.82, 2.24) is 0 Å². The average Bonchev–Trinajstić information content (AvgIpc) is 1.83. The molecule has 45 valence electrons. The first-order valence-corrected chi connectivity index (χ1v) is 4.04. The van der Waals surface area contributed by atoms with Crippen LogP contribution < -0.4 is 4.40 Å². The molecule has 0 saturated carbocycles. The standard InChI is InChI=1S/C8H9Ge/c1-6-4-3-5-8(9)7(6)2/h3-5H,1-2H3. The van der Waals surface area contributed by atoms with Crippen LogP contribution in [0.2, 0.25) is 0 Å². The number of hydrogen-bond acceptors (Lipinski definition) is 0. The van der Waals surface area contributed by atoms with Gasteiger partial charge in [0.2, 0.25) is 0 Å². The Morgan fingerprint density at radius 2 is 1.89 bits per heavy atom. The van der Waals surface area contributed by atoms with Crippen molar-refractivity contribution in [3.8, 4) is 0 Å². The first-order valence-electron chi connectivity index (χ1n) is 2.99. The van der Waals surface area contributed by atoms with Gasteiger partial charge in [0, 0.05) is 0 Å². The van der Waals surface area contributed by atoms with Crippen molar-refractivity contribution in [3.05, 3.63) is 29.3 Å². The van der Waals surface area contributed by atoms with Gasteiger partial charge in [-0.05, 0) is 0 Å². The molecule has 0 aromatic heterocycles. The minimum absolute atomic E-state index is 1.38. The number of benzene rings is 1. The van der Waals surface area contributed by atoms with Crippen LogP contribution in [0, 0.1) is 13.8 Å². The third-order valence-electron chi connectivity index (χ3n) is 1.60. The fourth-order valence-electron chi connectivity index (χ4n) is 0.751. The molecule has 0 aliphatic carbocycles. The Morgan fingerprint density at radius 1 is 1.22 bits per heavy atom. The Balaban J connectivity index is 3.25. The van der Waals surface area contributed by atoms with Gasteiger partial charge in [-0.15, -0.1) is 0 Å². The fraction of sp³-hybridized carbons (Fsp3) is 0.250. The van der Waals surface area contributed by atoms with Gasteiger partial charge in [-0.3, -0.25) is 0 Å². The molecular formula is C8H9Ge.